The maximum absolute atomic E-state index is 14.8. The number of sulfonamides is 1. The molecule has 2 aliphatic carbocycles. The number of likely N-dealkylation sites (tertiary alicyclic amines) is 1. The SMILES string of the molecule is C=CCCC(C)C[C@@H](C)C(NC(=O)OC(C)(C)C)C(=O)N1C[C@H](Oc2ncc(OC)c3ccccc23)C[C@H]1C(=O)N[C@]1(C(=O)NS(=O)(=O)C2CC2)C[C@H]1C=C. The van der Waals surface area contributed by atoms with Crippen LogP contribution in [0.3, 0.4) is 0 Å². The van der Waals surface area contributed by atoms with Crippen molar-refractivity contribution < 1.29 is 41.8 Å². The van der Waals surface area contributed by atoms with E-state index >= 15 is 0 Å². The van der Waals surface area contributed by atoms with Crippen LogP contribution >= 0.6 is 0 Å². The van der Waals surface area contributed by atoms with Gasteiger partial charge in [0.05, 0.1) is 25.1 Å². The van der Waals surface area contributed by atoms with Gasteiger partial charge >= 0.3 is 6.09 Å². The first-order valence-electron chi connectivity index (χ1n) is 18.9. The highest BCUT2D eigenvalue weighted by atomic mass is 32.2. The summed E-state index contributed by atoms with van der Waals surface area (Å²) in [5.74, 6) is -1.95. The summed E-state index contributed by atoms with van der Waals surface area (Å²) in [4.78, 5) is 61.8. The van der Waals surface area contributed by atoms with Crippen molar-refractivity contribution in [2.24, 2.45) is 17.8 Å². The van der Waals surface area contributed by atoms with Crippen molar-refractivity contribution in [3.63, 3.8) is 0 Å². The lowest BCUT2D eigenvalue weighted by Gasteiger charge is -2.33. The summed E-state index contributed by atoms with van der Waals surface area (Å²) in [5, 5.41) is 6.38. The predicted octanol–water partition coefficient (Wildman–Crippen LogP) is 4.78. The van der Waals surface area contributed by atoms with Crippen LogP contribution in [0.1, 0.15) is 79.6 Å². The number of alkyl carbamates (subject to hydrolysis) is 1. The molecule has 3 fully saturated rings. The Morgan fingerprint density at radius 2 is 1.80 bits per heavy atom. The van der Waals surface area contributed by atoms with Gasteiger partial charge in [0.1, 0.15) is 35.1 Å². The van der Waals surface area contributed by atoms with Crippen LogP contribution in [0.15, 0.2) is 55.8 Å². The molecule has 1 aromatic heterocycles. The largest absolute Gasteiger partial charge is 0.494 e. The maximum atomic E-state index is 14.8. The molecular formula is C40H55N5O9S. The summed E-state index contributed by atoms with van der Waals surface area (Å²) >= 11 is 0. The highest BCUT2D eigenvalue weighted by Gasteiger charge is 2.62. The number of hydrogen-bond acceptors (Lipinski definition) is 10. The number of ether oxygens (including phenoxy) is 3. The molecule has 7 atom stereocenters. The van der Waals surface area contributed by atoms with E-state index in [-0.39, 0.29) is 37.1 Å². The molecule has 3 N–H and O–H groups in total. The van der Waals surface area contributed by atoms with Crippen molar-refractivity contribution >= 4 is 44.6 Å². The van der Waals surface area contributed by atoms with Crippen LogP contribution in [-0.2, 0) is 29.1 Å². The Labute approximate surface area is 323 Å². The second-order valence-electron chi connectivity index (χ2n) is 16.1. The van der Waals surface area contributed by atoms with Gasteiger partial charge in [0, 0.05) is 23.1 Å². The molecule has 3 aliphatic rings. The number of nitrogens with one attached hydrogen (secondary N) is 3. The summed E-state index contributed by atoms with van der Waals surface area (Å²) in [6, 6.07) is 5.15. The fraction of sp³-hybridized carbons (Fsp3) is 0.575. The molecule has 15 heteroatoms. The lowest BCUT2D eigenvalue weighted by molar-refractivity contribution is -0.142. The highest BCUT2D eigenvalue weighted by molar-refractivity contribution is 7.91. The Bertz CT molecular complexity index is 1910. The third-order valence-electron chi connectivity index (χ3n) is 10.5. The fourth-order valence-corrected chi connectivity index (χ4v) is 8.66. The Morgan fingerprint density at radius 3 is 2.40 bits per heavy atom. The van der Waals surface area contributed by atoms with E-state index in [2.05, 4.69) is 40.4 Å². The molecule has 2 aromatic rings. The average molecular weight is 782 g/mol. The van der Waals surface area contributed by atoms with Gasteiger partial charge in [0.15, 0.2) is 0 Å². The first-order chi connectivity index (χ1) is 25.9. The van der Waals surface area contributed by atoms with E-state index in [1.807, 2.05) is 37.3 Å². The van der Waals surface area contributed by atoms with Gasteiger partial charge in [-0.2, -0.15) is 0 Å². The Balaban J connectivity index is 1.47. The van der Waals surface area contributed by atoms with Gasteiger partial charge in [-0.15, -0.1) is 13.2 Å². The molecule has 0 spiro atoms. The smallest absolute Gasteiger partial charge is 0.408 e. The minimum Gasteiger partial charge on any atom is -0.494 e. The molecule has 5 rings (SSSR count). The van der Waals surface area contributed by atoms with Gasteiger partial charge in [-0.25, -0.2) is 18.2 Å². The number of hydrogen-bond donors (Lipinski definition) is 3. The molecule has 1 saturated heterocycles. The standard InChI is InChI=1S/C40H55N5O9S/c1-9-11-14-24(3)19-25(4)33(42-38(49)54-39(5,6)7)36(47)45-23-27(53-35-30-16-13-12-15-29(30)32(52-8)22-41-35)20-31(45)34(46)43-40(21-26(40)10-2)37(48)44-55(50,51)28-17-18-28/h9-10,12-13,15-16,22,24-28,31,33H,1-2,11,14,17-21,23H2,3-8H3,(H,42,49)(H,43,46)(H,44,48)/t24?,25-,26-,27-,31+,33?,40-/m1/s1. The van der Waals surface area contributed by atoms with Crippen LogP contribution in [0.25, 0.3) is 10.8 Å². The van der Waals surface area contributed by atoms with Crippen LogP contribution in [0, 0.1) is 17.8 Å². The molecule has 55 heavy (non-hydrogen) atoms. The molecular weight excluding hydrogens is 727 g/mol. The second kappa shape index (κ2) is 16.6. The number of benzene rings is 1. The minimum atomic E-state index is -3.91. The van der Waals surface area contributed by atoms with Crippen LogP contribution in [0.2, 0.25) is 0 Å². The molecule has 14 nitrogen and oxygen atoms in total. The molecule has 2 unspecified atom stereocenters. The number of methoxy groups -OCH3 is 1. The van der Waals surface area contributed by atoms with Gasteiger partial charge in [-0.3, -0.25) is 19.1 Å². The van der Waals surface area contributed by atoms with Crippen molar-refractivity contribution in [3.05, 3.63) is 55.8 Å². The highest BCUT2D eigenvalue weighted by Crippen LogP contribution is 2.45. The van der Waals surface area contributed by atoms with E-state index in [0.29, 0.717) is 30.4 Å². The number of fused-ring (bicyclic) bond motifs is 1. The van der Waals surface area contributed by atoms with Crippen LogP contribution in [0.4, 0.5) is 4.79 Å². The summed E-state index contributed by atoms with van der Waals surface area (Å²) in [7, 11) is -2.37. The molecule has 2 heterocycles. The van der Waals surface area contributed by atoms with E-state index in [9.17, 15) is 27.6 Å². The summed E-state index contributed by atoms with van der Waals surface area (Å²) in [6.07, 6.45) is 6.62. The summed E-state index contributed by atoms with van der Waals surface area (Å²) in [5.41, 5.74) is -2.40. The van der Waals surface area contributed by atoms with E-state index in [4.69, 9.17) is 14.2 Å². The van der Waals surface area contributed by atoms with Crippen molar-refractivity contribution in [1.82, 2.24) is 25.2 Å². The van der Waals surface area contributed by atoms with Gasteiger partial charge in [0.25, 0.3) is 5.91 Å². The van der Waals surface area contributed by atoms with Gasteiger partial charge < -0.3 is 29.7 Å². The quantitative estimate of drug-likeness (QED) is 0.189. The maximum Gasteiger partial charge on any atom is 0.408 e. The molecule has 1 aliphatic heterocycles. The van der Waals surface area contributed by atoms with E-state index in [1.165, 1.54) is 17.2 Å². The topological polar surface area (TPSA) is 182 Å². The van der Waals surface area contributed by atoms with Gasteiger partial charge in [0.2, 0.25) is 27.7 Å². The predicted molar refractivity (Wildman–Crippen MR) is 208 cm³/mol. The molecule has 0 bridgehead atoms. The van der Waals surface area contributed by atoms with E-state index in [1.54, 1.807) is 27.9 Å². The molecule has 300 valence electrons. The number of carbonyl (C=O) groups excluding carboxylic acids is 4. The zero-order valence-corrected chi connectivity index (χ0v) is 33.4. The van der Waals surface area contributed by atoms with Crippen molar-refractivity contribution in [1.29, 1.82) is 0 Å². The molecule has 4 amide bonds. The van der Waals surface area contributed by atoms with Gasteiger partial charge in [-0.1, -0.05) is 44.2 Å². The van der Waals surface area contributed by atoms with Gasteiger partial charge in [-0.05, 0) is 77.2 Å². The number of aromatic nitrogens is 1. The van der Waals surface area contributed by atoms with Crippen molar-refractivity contribution in [2.75, 3.05) is 13.7 Å². The van der Waals surface area contributed by atoms with Crippen LogP contribution < -0.4 is 24.8 Å². The third-order valence-corrected chi connectivity index (χ3v) is 12.3. The monoisotopic (exact) mass is 781 g/mol. The first kappa shape index (κ1) is 41.5. The number of pyridine rings is 1. The van der Waals surface area contributed by atoms with E-state index in [0.717, 1.165) is 18.2 Å². The lowest BCUT2D eigenvalue weighted by atomic mass is 9.88. The normalized spacial score (nSPS) is 23.8. The van der Waals surface area contributed by atoms with Crippen molar-refractivity contribution in [3.8, 4) is 11.6 Å². The lowest BCUT2D eigenvalue weighted by Crippen LogP contribution is -2.59. The number of carbonyl (C=O) groups is 4. The Hall–Kier alpha value is -4.66. The Morgan fingerprint density at radius 1 is 1.11 bits per heavy atom. The second-order valence-corrected chi connectivity index (χ2v) is 18.1. The number of rotatable bonds is 17. The molecule has 0 radical (unpaired) electrons. The number of nitrogens with zero attached hydrogens (tertiary/aromatic N) is 2. The fourth-order valence-electron chi connectivity index (χ4n) is 7.30. The van der Waals surface area contributed by atoms with Crippen LogP contribution in [0.5, 0.6) is 11.6 Å². The summed E-state index contributed by atoms with van der Waals surface area (Å²) in [6.45, 7) is 16.7. The zero-order valence-electron chi connectivity index (χ0n) is 32.6. The van der Waals surface area contributed by atoms with E-state index < -0.39 is 74.3 Å². The Kier molecular flexibility index (Phi) is 12.5. The first-order valence-corrected chi connectivity index (χ1v) is 20.5. The number of amides is 4. The van der Waals surface area contributed by atoms with Crippen LogP contribution in [-0.4, -0.2) is 90.3 Å². The number of allylic oxidation sites excluding steroid dienone is 1. The minimum absolute atomic E-state index is 0.0136. The molecule has 2 saturated carbocycles. The summed E-state index contributed by atoms with van der Waals surface area (Å²) < 4.78 is 45.2. The van der Waals surface area contributed by atoms with Crippen molar-refractivity contribution in [2.45, 2.75) is 114 Å². The average Bonchev–Trinajstić information content (AvgIpc) is 4.05. The molecule has 1 aromatic carbocycles. The zero-order chi connectivity index (χ0) is 40.3. The third kappa shape index (κ3) is 9.78.